The van der Waals surface area contributed by atoms with Gasteiger partial charge in [0.25, 0.3) is 5.91 Å². The number of ether oxygens (including phenoxy) is 1. The van der Waals surface area contributed by atoms with Crippen LogP contribution >= 0.6 is 23.2 Å². The molecule has 1 amide bonds. The molecule has 2 aromatic rings. The van der Waals surface area contributed by atoms with Crippen molar-refractivity contribution in [1.82, 2.24) is 0 Å². The van der Waals surface area contributed by atoms with Crippen LogP contribution in [0.2, 0.25) is 10.0 Å². The largest absolute Gasteiger partial charge is 0.490 e. The molecular formula is C20H18Cl2N2O2. The molecule has 0 fully saturated rings. The Hall–Kier alpha value is -2.48. The van der Waals surface area contributed by atoms with Gasteiger partial charge in [0.15, 0.2) is 0 Å². The molecule has 0 heterocycles. The molecule has 26 heavy (non-hydrogen) atoms. The smallest absolute Gasteiger partial charge is 0.266 e. The Kier molecular flexibility index (Phi) is 6.68. The molecular weight excluding hydrogens is 371 g/mol. The van der Waals surface area contributed by atoms with Gasteiger partial charge in [-0.1, -0.05) is 29.3 Å². The van der Waals surface area contributed by atoms with E-state index in [-0.39, 0.29) is 11.7 Å². The lowest BCUT2D eigenvalue weighted by atomic mass is 10.1. The topological polar surface area (TPSA) is 62.1 Å². The molecule has 0 saturated carbocycles. The van der Waals surface area contributed by atoms with E-state index in [1.165, 1.54) is 6.08 Å². The van der Waals surface area contributed by atoms with Gasteiger partial charge >= 0.3 is 0 Å². The van der Waals surface area contributed by atoms with Crippen LogP contribution in [0.15, 0.2) is 42.0 Å². The standard InChI is InChI=1S/C20H18Cl2N2O2/c1-12(2)26-19-8-7-16(21)10-14(19)9-15(11-23)20(25)24-18-6-4-5-17(22)13(18)3/h4-10,12H,1-3H3,(H,24,25)/b15-9+. The minimum absolute atomic E-state index is 0.0585. The minimum atomic E-state index is -0.534. The van der Waals surface area contributed by atoms with Crippen molar-refractivity contribution in [2.75, 3.05) is 5.32 Å². The van der Waals surface area contributed by atoms with Crippen molar-refractivity contribution in [2.24, 2.45) is 0 Å². The number of nitrogens with zero attached hydrogens (tertiary/aromatic N) is 1. The van der Waals surface area contributed by atoms with E-state index in [9.17, 15) is 10.1 Å². The maximum atomic E-state index is 12.5. The number of amides is 1. The van der Waals surface area contributed by atoms with Crippen LogP contribution in [0.25, 0.3) is 6.08 Å². The maximum Gasteiger partial charge on any atom is 0.266 e. The molecule has 0 aromatic heterocycles. The summed E-state index contributed by atoms with van der Waals surface area (Å²) < 4.78 is 5.72. The number of rotatable bonds is 5. The molecule has 2 rings (SSSR count). The summed E-state index contributed by atoms with van der Waals surface area (Å²) in [5.74, 6) is 0.0113. The molecule has 0 saturated heterocycles. The van der Waals surface area contributed by atoms with E-state index in [1.807, 2.05) is 19.9 Å². The van der Waals surface area contributed by atoms with Crippen LogP contribution < -0.4 is 10.1 Å². The van der Waals surface area contributed by atoms with Gasteiger partial charge in [0.05, 0.1) is 6.10 Å². The summed E-state index contributed by atoms with van der Waals surface area (Å²) in [6, 6.07) is 12.2. The Labute approximate surface area is 163 Å². The van der Waals surface area contributed by atoms with Crippen LogP contribution in [-0.2, 0) is 4.79 Å². The first-order valence-electron chi connectivity index (χ1n) is 7.96. The number of nitrogens with one attached hydrogen (secondary N) is 1. The number of anilines is 1. The van der Waals surface area contributed by atoms with Crippen LogP contribution in [0, 0.1) is 18.3 Å². The van der Waals surface area contributed by atoms with Crippen LogP contribution in [0.3, 0.4) is 0 Å². The number of hydrogen-bond donors (Lipinski definition) is 1. The van der Waals surface area contributed by atoms with E-state index < -0.39 is 5.91 Å². The SMILES string of the molecule is Cc1c(Cl)cccc1NC(=O)/C(C#N)=C/c1cc(Cl)ccc1OC(C)C. The van der Waals surface area contributed by atoms with E-state index in [2.05, 4.69) is 5.32 Å². The van der Waals surface area contributed by atoms with Gasteiger partial charge in [-0.05, 0) is 62.7 Å². The fourth-order valence-electron chi connectivity index (χ4n) is 2.23. The van der Waals surface area contributed by atoms with Crippen LogP contribution in [-0.4, -0.2) is 12.0 Å². The normalized spacial score (nSPS) is 11.2. The Bertz CT molecular complexity index is 899. The zero-order chi connectivity index (χ0) is 19.3. The van der Waals surface area contributed by atoms with Crippen LogP contribution in [0.4, 0.5) is 5.69 Å². The third-order valence-electron chi connectivity index (χ3n) is 3.52. The van der Waals surface area contributed by atoms with Crippen LogP contribution in [0.1, 0.15) is 25.0 Å². The first-order valence-corrected chi connectivity index (χ1v) is 8.72. The molecule has 0 spiro atoms. The average Bonchev–Trinajstić information content (AvgIpc) is 2.58. The molecule has 0 unspecified atom stereocenters. The first kappa shape index (κ1) is 19.8. The van der Waals surface area contributed by atoms with E-state index in [1.54, 1.807) is 43.3 Å². The van der Waals surface area contributed by atoms with Gasteiger partial charge in [-0.15, -0.1) is 0 Å². The number of carbonyl (C=O) groups excluding carboxylic acids is 1. The Morgan fingerprint density at radius 2 is 2.00 bits per heavy atom. The van der Waals surface area contributed by atoms with Crippen molar-refractivity contribution in [3.8, 4) is 11.8 Å². The Balaban J connectivity index is 2.36. The highest BCUT2D eigenvalue weighted by atomic mass is 35.5. The second-order valence-electron chi connectivity index (χ2n) is 5.89. The molecule has 0 bridgehead atoms. The number of nitriles is 1. The monoisotopic (exact) mass is 388 g/mol. The second-order valence-corrected chi connectivity index (χ2v) is 6.73. The molecule has 0 aliphatic rings. The highest BCUT2D eigenvalue weighted by Crippen LogP contribution is 2.27. The molecule has 1 N–H and O–H groups in total. The fourth-order valence-corrected chi connectivity index (χ4v) is 2.59. The highest BCUT2D eigenvalue weighted by Gasteiger charge is 2.14. The van der Waals surface area contributed by atoms with Crippen molar-refractivity contribution in [1.29, 1.82) is 5.26 Å². The molecule has 0 aliphatic heterocycles. The summed E-state index contributed by atoms with van der Waals surface area (Å²) in [5, 5.41) is 13.1. The molecule has 134 valence electrons. The zero-order valence-electron chi connectivity index (χ0n) is 14.6. The molecule has 0 atom stereocenters. The number of carbonyl (C=O) groups is 1. The van der Waals surface area contributed by atoms with Crippen molar-refractivity contribution in [3.63, 3.8) is 0 Å². The van der Waals surface area contributed by atoms with E-state index >= 15 is 0 Å². The van der Waals surface area contributed by atoms with Gasteiger partial charge in [-0.2, -0.15) is 5.26 Å². The number of benzene rings is 2. The molecule has 6 heteroatoms. The summed E-state index contributed by atoms with van der Waals surface area (Å²) in [5.41, 5.74) is 1.76. The number of halogens is 2. The van der Waals surface area contributed by atoms with Crippen molar-refractivity contribution < 1.29 is 9.53 Å². The summed E-state index contributed by atoms with van der Waals surface area (Å²) in [7, 11) is 0. The summed E-state index contributed by atoms with van der Waals surface area (Å²) in [6.07, 6.45) is 1.40. The zero-order valence-corrected chi connectivity index (χ0v) is 16.2. The predicted molar refractivity (Wildman–Crippen MR) is 106 cm³/mol. The van der Waals surface area contributed by atoms with Crippen molar-refractivity contribution in [2.45, 2.75) is 26.9 Å². The quantitative estimate of drug-likeness (QED) is 0.532. The van der Waals surface area contributed by atoms with Gasteiger partial charge in [0.1, 0.15) is 17.4 Å². The third-order valence-corrected chi connectivity index (χ3v) is 4.16. The van der Waals surface area contributed by atoms with Crippen molar-refractivity contribution >= 4 is 40.9 Å². The third kappa shape index (κ3) is 5.01. The van der Waals surface area contributed by atoms with Gasteiger partial charge in [-0.25, -0.2) is 0 Å². The van der Waals surface area contributed by atoms with Crippen LogP contribution in [0.5, 0.6) is 5.75 Å². The van der Waals surface area contributed by atoms with Gasteiger partial charge in [-0.3, -0.25) is 4.79 Å². The second kappa shape index (κ2) is 8.75. The first-order chi connectivity index (χ1) is 12.3. The van der Waals surface area contributed by atoms with Gasteiger partial charge in [0.2, 0.25) is 0 Å². The average molecular weight is 389 g/mol. The Morgan fingerprint density at radius 1 is 1.27 bits per heavy atom. The molecule has 0 radical (unpaired) electrons. The fraction of sp³-hybridized carbons (Fsp3) is 0.200. The lowest BCUT2D eigenvalue weighted by Gasteiger charge is -2.13. The van der Waals surface area contributed by atoms with E-state index in [4.69, 9.17) is 27.9 Å². The molecule has 2 aromatic carbocycles. The lowest BCUT2D eigenvalue weighted by Crippen LogP contribution is -2.14. The van der Waals surface area contributed by atoms with Gasteiger partial charge < -0.3 is 10.1 Å². The van der Waals surface area contributed by atoms with Crippen molar-refractivity contribution in [3.05, 3.63) is 63.1 Å². The molecule has 4 nitrogen and oxygen atoms in total. The summed E-state index contributed by atoms with van der Waals surface area (Å²) >= 11 is 12.1. The molecule has 0 aliphatic carbocycles. The van der Waals surface area contributed by atoms with E-state index in [0.717, 1.165) is 5.56 Å². The number of hydrogen-bond acceptors (Lipinski definition) is 3. The van der Waals surface area contributed by atoms with E-state index in [0.29, 0.717) is 27.0 Å². The maximum absolute atomic E-state index is 12.5. The Morgan fingerprint density at radius 3 is 2.65 bits per heavy atom. The summed E-state index contributed by atoms with van der Waals surface area (Å²) in [4.78, 5) is 12.5. The lowest BCUT2D eigenvalue weighted by molar-refractivity contribution is -0.112. The predicted octanol–water partition coefficient (Wildman–Crippen LogP) is 5.63. The van der Waals surface area contributed by atoms with Gasteiger partial charge in [0, 0.05) is 21.3 Å². The highest BCUT2D eigenvalue weighted by molar-refractivity contribution is 6.32. The summed E-state index contributed by atoms with van der Waals surface area (Å²) in [6.45, 7) is 5.57. The minimum Gasteiger partial charge on any atom is -0.490 e.